The van der Waals surface area contributed by atoms with E-state index in [1.165, 1.54) is 0 Å². The Kier molecular flexibility index (Phi) is 5.33. The summed E-state index contributed by atoms with van der Waals surface area (Å²) in [5.74, 6) is -1.45. The largest absolute Gasteiger partial charge is 0.481 e. The van der Waals surface area contributed by atoms with Crippen molar-refractivity contribution in [2.75, 3.05) is 6.54 Å². The molecule has 1 unspecified atom stereocenters. The second kappa shape index (κ2) is 5.73. The Bertz CT molecular complexity index is 230. The van der Waals surface area contributed by atoms with Gasteiger partial charge in [0, 0.05) is 13.0 Å². The third-order valence-corrected chi connectivity index (χ3v) is 2.07. The summed E-state index contributed by atoms with van der Waals surface area (Å²) in [4.78, 5) is 21.9. The molecule has 1 atom stereocenters. The number of rotatable bonds is 5. The maximum Gasteiger partial charge on any atom is 0.308 e. The van der Waals surface area contributed by atoms with Crippen molar-refractivity contribution in [3.63, 3.8) is 0 Å². The molecule has 0 radical (unpaired) electrons. The summed E-state index contributed by atoms with van der Waals surface area (Å²) < 4.78 is 0. The summed E-state index contributed by atoms with van der Waals surface area (Å²) in [6.45, 7) is 7.94. The van der Waals surface area contributed by atoms with E-state index < -0.39 is 11.9 Å². The lowest BCUT2D eigenvalue weighted by Gasteiger charge is -2.23. The van der Waals surface area contributed by atoms with Crippen molar-refractivity contribution in [2.45, 2.75) is 40.5 Å². The molecule has 0 aliphatic carbocycles. The smallest absolute Gasteiger partial charge is 0.308 e. The molecule has 0 saturated carbocycles. The fraction of sp³-hybridized carbons (Fsp3) is 0.818. The van der Waals surface area contributed by atoms with Gasteiger partial charge in [0.1, 0.15) is 0 Å². The molecule has 0 aliphatic heterocycles. The van der Waals surface area contributed by atoms with Crippen molar-refractivity contribution in [3.8, 4) is 0 Å². The van der Waals surface area contributed by atoms with Crippen LogP contribution in [0.25, 0.3) is 0 Å². The van der Waals surface area contributed by atoms with Crippen molar-refractivity contribution in [1.29, 1.82) is 0 Å². The highest BCUT2D eigenvalue weighted by molar-refractivity contribution is 5.77. The van der Waals surface area contributed by atoms with Crippen LogP contribution in [0.15, 0.2) is 0 Å². The Hall–Kier alpha value is -1.06. The molecule has 0 fully saturated rings. The van der Waals surface area contributed by atoms with Gasteiger partial charge in [0.15, 0.2) is 0 Å². The third kappa shape index (κ3) is 6.94. The van der Waals surface area contributed by atoms with E-state index in [4.69, 9.17) is 5.11 Å². The van der Waals surface area contributed by atoms with Gasteiger partial charge in [0.2, 0.25) is 5.91 Å². The monoisotopic (exact) mass is 215 g/mol. The third-order valence-electron chi connectivity index (χ3n) is 2.07. The Morgan fingerprint density at radius 2 is 1.87 bits per heavy atom. The van der Waals surface area contributed by atoms with E-state index in [2.05, 4.69) is 5.32 Å². The van der Waals surface area contributed by atoms with E-state index in [1.807, 2.05) is 20.8 Å². The maximum atomic E-state index is 11.0. The average molecular weight is 215 g/mol. The summed E-state index contributed by atoms with van der Waals surface area (Å²) in [5, 5.41) is 11.6. The molecule has 15 heavy (non-hydrogen) atoms. The Labute approximate surface area is 91.1 Å². The highest BCUT2D eigenvalue weighted by Gasteiger charge is 2.24. The van der Waals surface area contributed by atoms with Gasteiger partial charge in [-0.05, 0) is 11.8 Å². The van der Waals surface area contributed by atoms with Gasteiger partial charge in [-0.25, -0.2) is 0 Å². The minimum atomic E-state index is -0.846. The fourth-order valence-electron chi connectivity index (χ4n) is 1.35. The summed E-state index contributed by atoms with van der Waals surface area (Å²) in [7, 11) is 0. The molecule has 0 saturated heterocycles. The topological polar surface area (TPSA) is 66.4 Å². The lowest BCUT2D eigenvalue weighted by Crippen LogP contribution is -2.34. The number of hydrogen-bond acceptors (Lipinski definition) is 2. The molecule has 4 nitrogen and oxygen atoms in total. The van der Waals surface area contributed by atoms with Crippen LogP contribution in [-0.4, -0.2) is 23.5 Å². The van der Waals surface area contributed by atoms with E-state index >= 15 is 0 Å². The zero-order chi connectivity index (χ0) is 12.1. The van der Waals surface area contributed by atoms with Crippen molar-refractivity contribution >= 4 is 11.9 Å². The molecule has 88 valence electrons. The van der Waals surface area contributed by atoms with Gasteiger partial charge in [-0.2, -0.15) is 0 Å². The minimum absolute atomic E-state index is 0.0417. The SMILES string of the molecule is CCC(=O)NCC(CC(C)(C)C)C(=O)O. The zero-order valence-electron chi connectivity index (χ0n) is 9.96. The fourth-order valence-corrected chi connectivity index (χ4v) is 1.35. The molecule has 0 bridgehead atoms. The normalized spacial score (nSPS) is 13.3. The number of nitrogens with one attached hydrogen (secondary N) is 1. The molecule has 0 heterocycles. The lowest BCUT2D eigenvalue weighted by molar-refractivity contribution is -0.142. The van der Waals surface area contributed by atoms with Gasteiger partial charge in [-0.15, -0.1) is 0 Å². The number of aliphatic carboxylic acids is 1. The number of carboxylic acids is 1. The van der Waals surface area contributed by atoms with Crippen molar-refractivity contribution < 1.29 is 14.7 Å². The van der Waals surface area contributed by atoms with Crippen LogP contribution >= 0.6 is 0 Å². The van der Waals surface area contributed by atoms with Gasteiger partial charge in [-0.1, -0.05) is 27.7 Å². The quantitative estimate of drug-likeness (QED) is 0.732. The first-order valence-electron chi connectivity index (χ1n) is 5.25. The van der Waals surface area contributed by atoms with E-state index in [1.54, 1.807) is 6.92 Å². The molecule has 4 heteroatoms. The first-order chi connectivity index (χ1) is 6.76. The van der Waals surface area contributed by atoms with Crippen LogP contribution in [0.4, 0.5) is 0 Å². The number of hydrogen-bond donors (Lipinski definition) is 2. The average Bonchev–Trinajstić information content (AvgIpc) is 2.09. The molecule has 0 aromatic heterocycles. The van der Waals surface area contributed by atoms with Crippen LogP contribution in [0.3, 0.4) is 0 Å². The summed E-state index contributed by atoms with van der Waals surface area (Å²) in [6.07, 6.45) is 0.953. The maximum absolute atomic E-state index is 11.0. The molecule has 1 amide bonds. The summed E-state index contributed by atoms with van der Waals surface area (Å²) >= 11 is 0. The van der Waals surface area contributed by atoms with Gasteiger partial charge in [0.05, 0.1) is 5.92 Å². The van der Waals surface area contributed by atoms with Crippen LogP contribution in [-0.2, 0) is 9.59 Å². The Morgan fingerprint density at radius 1 is 1.33 bits per heavy atom. The van der Waals surface area contributed by atoms with E-state index in [0.717, 1.165) is 0 Å². The molecular weight excluding hydrogens is 194 g/mol. The van der Waals surface area contributed by atoms with E-state index in [-0.39, 0.29) is 17.9 Å². The van der Waals surface area contributed by atoms with Gasteiger partial charge in [-0.3, -0.25) is 9.59 Å². The minimum Gasteiger partial charge on any atom is -0.481 e. The number of carbonyl (C=O) groups excluding carboxylic acids is 1. The van der Waals surface area contributed by atoms with Crippen molar-refractivity contribution in [1.82, 2.24) is 5.32 Å². The molecule has 0 aromatic rings. The molecular formula is C11H21NO3. The van der Waals surface area contributed by atoms with Crippen LogP contribution in [0.5, 0.6) is 0 Å². The predicted octanol–water partition coefficient (Wildman–Crippen LogP) is 1.65. The van der Waals surface area contributed by atoms with Crippen LogP contribution in [0.2, 0.25) is 0 Å². The second-order valence-corrected chi connectivity index (χ2v) is 4.96. The van der Waals surface area contributed by atoms with Crippen LogP contribution in [0.1, 0.15) is 40.5 Å². The van der Waals surface area contributed by atoms with E-state index in [9.17, 15) is 9.59 Å². The molecule has 2 N–H and O–H groups in total. The van der Waals surface area contributed by atoms with Gasteiger partial charge < -0.3 is 10.4 Å². The number of amides is 1. The highest BCUT2D eigenvalue weighted by Crippen LogP contribution is 2.24. The molecule has 0 rings (SSSR count). The molecule has 0 spiro atoms. The Morgan fingerprint density at radius 3 is 2.20 bits per heavy atom. The van der Waals surface area contributed by atoms with Crippen molar-refractivity contribution in [3.05, 3.63) is 0 Å². The summed E-state index contributed by atoms with van der Waals surface area (Å²) in [6, 6.07) is 0. The van der Waals surface area contributed by atoms with Crippen LogP contribution < -0.4 is 5.32 Å². The Balaban J connectivity index is 4.18. The van der Waals surface area contributed by atoms with Gasteiger partial charge >= 0.3 is 5.97 Å². The first-order valence-corrected chi connectivity index (χ1v) is 5.25. The summed E-state index contributed by atoms with van der Waals surface area (Å²) in [5.41, 5.74) is -0.0417. The number of carboxylic acid groups (broad SMARTS) is 1. The zero-order valence-corrected chi connectivity index (χ0v) is 9.96. The standard InChI is InChI=1S/C11H21NO3/c1-5-9(13)12-7-8(10(14)15)6-11(2,3)4/h8H,5-7H2,1-4H3,(H,12,13)(H,14,15). The lowest BCUT2D eigenvalue weighted by atomic mass is 9.84. The molecule has 0 aromatic carbocycles. The first kappa shape index (κ1) is 13.9. The van der Waals surface area contributed by atoms with Crippen LogP contribution in [0, 0.1) is 11.3 Å². The molecule has 0 aliphatic rings. The number of carbonyl (C=O) groups is 2. The van der Waals surface area contributed by atoms with Crippen molar-refractivity contribution in [2.24, 2.45) is 11.3 Å². The van der Waals surface area contributed by atoms with Gasteiger partial charge in [0.25, 0.3) is 0 Å². The second-order valence-electron chi connectivity index (χ2n) is 4.96. The predicted molar refractivity (Wildman–Crippen MR) is 58.5 cm³/mol. The highest BCUT2D eigenvalue weighted by atomic mass is 16.4. The van der Waals surface area contributed by atoms with E-state index in [0.29, 0.717) is 12.8 Å².